The SMILES string of the molecule is O=C(Nc1ccc(-n2ccnc2)cc1)c1ccc(F)cc1. The van der Waals surface area contributed by atoms with E-state index in [1.165, 1.54) is 24.3 Å². The number of benzene rings is 2. The smallest absolute Gasteiger partial charge is 0.255 e. The summed E-state index contributed by atoms with van der Waals surface area (Å²) < 4.78 is 14.7. The van der Waals surface area contributed by atoms with Crippen molar-refractivity contribution in [3.05, 3.63) is 78.6 Å². The van der Waals surface area contributed by atoms with Crippen LogP contribution in [-0.4, -0.2) is 15.5 Å². The maximum atomic E-state index is 12.8. The van der Waals surface area contributed by atoms with E-state index in [1.54, 1.807) is 24.7 Å². The van der Waals surface area contributed by atoms with Gasteiger partial charge >= 0.3 is 0 Å². The van der Waals surface area contributed by atoms with E-state index in [0.29, 0.717) is 11.3 Å². The summed E-state index contributed by atoms with van der Waals surface area (Å²) in [5, 5.41) is 2.76. The highest BCUT2D eigenvalue weighted by molar-refractivity contribution is 6.04. The van der Waals surface area contributed by atoms with Gasteiger partial charge in [-0.25, -0.2) is 9.37 Å². The highest BCUT2D eigenvalue weighted by Gasteiger charge is 2.06. The van der Waals surface area contributed by atoms with Gasteiger partial charge in [0, 0.05) is 29.3 Å². The molecule has 0 bridgehead atoms. The van der Waals surface area contributed by atoms with Crippen molar-refractivity contribution >= 4 is 11.6 Å². The molecule has 0 aliphatic heterocycles. The monoisotopic (exact) mass is 281 g/mol. The normalized spacial score (nSPS) is 10.3. The molecule has 0 spiro atoms. The lowest BCUT2D eigenvalue weighted by atomic mass is 10.2. The molecule has 0 radical (unpaired) electrons. The van der Waals surface area contributed by atoms with E-state index in [-0.39, 0.29) is 11.7 Å². The Labute approximate surface area is 120 Å². The highest BCUT2D eigenvalue weighted by Crippen LogP contribution is 2.14. The van der Waals surface area contributed by atoms with Crippen molar-refractivity contribution in [3.63, 3.8) is 0 Å². The summed E-state index contributed by atoms with van der Waals surface area (Å²) in [5.74, 6) is -0.637. The van der Waals surface area contributed by atoms with Crippen LogP contribution >= 0.6 is 0 Å². The zero-order valence-corrected chi connectivity index (χ0v) is 11.0. The zero-order valence-electron chi connectivity index (χ0n) is 11.0. The van der Waals surface area contributed by atoms with Gasteiger partial charge in [-0.05, 0) is 48.5 Å². The van der Waals surface area contributed by atoms with Gasteiger partial charge in [0.15, 0.2) is 0 Å². The average Bonchev–Trinajstić information content (AvgIpc) is 3.03. The van der Waals surface area contributed by atoms with Gasteiger partial charge < -0.3 is 9.88 Å². The first-order chi connectivity index (χ1) is 10.2. The number of nitrogens with zero attached hydrogens (tertiary/aromatic N) is 2. The predicted octanol–water partition coefficient (Wildman–Crippen LogP) is 3.26. The third kappa shape index (κ3) is 2.97. The molecule has 104 valence electrons. The number of imidazole rings is 1. The van der Waals surface area contributed by atoms with Crippen molar-refractivity contribution in [2.24, 2.45) is 0 Å². The van der Waals surface area contributed by atoms with Crippen molar-refractivity contribution < 1.29 is 9.18 Å². The molecule has 0 fully saturated rings. The highest BCUT2D eigenvalue weighted by atomic mass is 19.1. The lowest BCUT2D eigenvalue weighted by Crippen LogP contribution is -2.11. The lowest BCUT2D eigenvalue weighted by molar-refractivity contribution is 0.102. The van der Waals surface area contributed by atoms with Crippen LogP contribution < -0.4 is 5.32 Å². The van der Waals surface area contributed by atoms with Gasteiger partial charge in [0.1, 0.15) is 5.82 Å². The van der Waals surface area contributed by atoms with Crippen LogP contribution in [0.15, 0.2) is 67.3 Å². The molecule has 0 saturated heterocycles. The van der Waals surface area contributed by atoms with Gasteiger partial charge in [0.2, 0.25) is 0 Å². The van der Waals surface area contributed by atoms with E-state index >= 15 is 0 Å². The largest absolute Gasteiger partial charge is 0.322 e. The Balaban J connectivity index is 1.73. The fourth-order valence-electron chi connectivity index (χ4n) is 1.93. The maximum absolute atomic E-state index is 12.8. The van der Waals surface area contributed by atoms with Crippen LogP contribution in [0.5, 0.6) is 0 Å². The van der Waals surface area contributed by atoms with E-state index in [4.69, 9.17) is 0 Å². The van der Waals surface area contributed by atoms with Crippen LogP contribution in [0, 0.1) is 5.82 Å². The summed E-state index contributed by atoms with van der Waals surface area (Å²) in [6.45, 7) is 0. The molecule has 0 unspecified atom stereocenters. The van der Waals surface area contributed by atoms with E-state index < -0.39 is 0 Å². The van der Waals surface area contributed by atoms with Gasteiger partial charge in [-0.1, -0.05) is 0 Å². The third-order valence-electron chi connectivity index (χ3n) is 3.03. The number of carbonyl (C=O) groups excluding carboxylic acids is 1. The standard InChI is InChI=1S/C16H12FN3O/c17-13-3-1-12(2-4-13)16(21)19-14-5-7-15(8-6-14)20-10-9-18-11-20/h1-11H,(H,19,21). The van der Waals surface area contributed by atoms with Crippen LogP contribution in [0.25, 0.3) is 5.69 Å². The van der Waals surface area contributed by atoms with E-state index in [9.17, 15) is 9.18 Å². The molecule has 0 aliphatic carbocycles. The molecule has 0 saturated carbocycles. The number of amides is 1. The molecule has 5 heteroatoms. The number of hydrogen-bond acceptors (Lipinski definition) is 2. The maximum Gasteiger partial charge on any atom is 0.255 e. The second kappa shape index (κ2) is 5.58. The fourth-order valence-corrected chi connectivity index (χ4v) is 1.93. The minimum Gasteiger partial charge on any atom is -0.322 e. The molecule has 21 heavy (non-hydrogen) atoms. The summed E-state index contributed by atoms with van der Waals surface area (Å²) in [5.41, 5.74) is 2.04. The molecule has 1 heterocycles. The Bertz CT molecular complexity index is 734. The number of anilines is 1. The van der Waals surface area contributed by atoms with Gasteiger partial charge in [0.25, 0.3) is 5.91 Å². The summed E-state index contributed by atoms with van der Waals surface area (Å²) in [6.07, 6.45) is 5.24. The molecule has 3 aromatic rings. The topological polar surface area (TPSA) is 46.9 Å². The molecule has 2 aromatic carbocycles. The Morgan fingerprint density at radius 2 is 1.76 bits per heavy atom. The van der Waals surface area contributed by atoms with Gasteiger partial charge in [-0.15, -0.1) is 0 Å². The predicted molar refractivity (Wildman–Crippen MR) is 77.9 cm³/mol. The Kier molecular flexibility index (Phi) is 3.47. The minimum atomic E-state index is -0.365. The number of halogens is 1. The molecular formula is C16H12FN3O. The van der Waals surface area contributed by atoms with Gasteiger partial charge in [-0.2, -0.15) is 0 Å². The number of rotatable bonds is 3. The van der Waals surface area contributed by atoms with Crippen molar-refractivity contribution in [2.75, 3.05) is 5.32 Å². The molecule has 3 rings (SSSR count). The van der Waals surface area contributed by atoms with Crippen molar-refractivity contribution in [3.8, 4) is 5.69 Å². The second-order valence-corrected chi connectivity index (χ2v) is 4.48. The number of nitrogens with one attached hydrogen (secondary N) is 1. The van der Waals surface area contributed by atoms with E-state index in [0.717, 1.165) is 5.69 Å². The van der Waals surface area contributed by atoms with Crippen LogP contribution in [0.4, 0.5) is 10.1 Å². The number of aromatic nitrogens is 2. The van der Waals surface area contributed by atoms with Crippen LogP contribution in [-0.2, 0) is 0 Å². The molecule has 4 nitrogen and oxygen atoms in total. The summed E-state index contributed by atoms with van der Waals surface area (Å²) in [6, 6.07) is 12.8. The summed E-state index contributed by atoms with van der Waals surface area (Å²) in [7, 11) is 0. The van der Waals surface area contributed by atoms with Crippen molar-refractivity contribution in [1.29, 1.82) is 0 Å². The minimum absolute atomic E-state index is 0.273. The van der Waals surface area contributed by atoms with E-state index in [2.05, 4.69) is 10.3 Å². The second-order valence-electron chi connectivity index (χ2n) is 4.48. The third-order valence-corrected chi connectivity index (χ3v) is 3.03. The molecule has 1 aromatic heterocycles. The van der Waals surface area contributed by atoms with Gasteiger partial charge in [-0.3, -0.25) is 4.79 Å². The average molecular weight is 281 g/mol. The van der Waals surface area contributed by atoms with Crippen LogP contribution in [0.1, 0.15) is 10.4 Å². The molecule has 1 N–H and O–H groups in total. The number of hydrogen-bond donors (Lipinski definition) is 1. The Hall–Kier alpha value is -2.95. The zero-order chi connectivity index (χ0) is 14.7. The first-order valence-corrected chi connectivity index (χ1v) is 6.38. The first-order valence-electron chi connectivity index (χ1n) is 6.38. The quantitative estimate of drug-likeness (QED) is 0.801. The Morgan fingerprint density at radius 3 is 2.38 bits per heavy atom. The Morgan fingerprint density at radius 1 is 1.05 bits per heavy atom. The molecule has 0 aliphatic rings. The summed E-state index contributed by atoms with van der Waals surface area (Å²) in [4.78, 5) is 16.0. The molecular weight excluding hydrogens is 269 g/mol. The van der Waals surface area contributed by atoms with E-state index in [1.807, 2.05) is 22.9 Å². The van der Waals surface area contributed by atoms with Gasteiger partial charge in [0.05, 0.1) is 6.33 Å². The number of carbonyl (C=O) groups is 1. The van der Waals surface area contributed by atoms with Crippen LogP contribution in [0.3, 0.4) is 0 Å². The summed E-state index contributed by atoms with van der Waals surface area (Å²) >= 11 is 0. The lowest BCUT2D eigenvalue weighted by Gasteiger charge is -2.07. The molecule has 1 amide bonds. The van der Waals surface area contributed by atoms with Crippen molar-refractivity contribution in [1.82, 2.24) is 9.55 Å². The first kappa shape index (κ1) is 13.1. The van der Waals surface area contributed by atoms with Crippen molar-refractivity contribution in [2.45, 2.75) is 0 Å². The van der Waals surface area contributed by atoms with Crippen LogP contribution in [0.2, 0.25) is 0 Å². The molecule has 0 atom stereocenters. The fraction of sp³-hybridized carbons (Fsp3) is 0.